The Hall–Kier alpha value is -3.27. The molecule has 3 aromatic rings. The standard InChI is InChI=1S/C27H27NO3/c1-27(2)14-20-24(21(29)15-27)19-11-9-16-7-5-6-8-18(16)26(19)28-25(20)17-10-12-22(30-3)23(13-17)31-4/h5-13,25,28H,14-15H2,1-4H3/t25-/m1/s1. The van der Waals surface area contributed by atoms with E-state index >= 15 is 0 Å². The third-order valence-corrected chi connectivity index (χ3v) is 6.48. The molecule has 0 aromatic heterocycles. The van der Waals surface area contributed by atoms with Crippen LogP contribution in [0.3, 0.4) is 0 Å². The van der Waals surface area contributed by atoms with Gasteiger partial charge in [0, 0.05) is 22.9 Å². The van der Waals surface area contributed by atoms with Crippen LogP contribution < -0.4 is 14.8 Å². The average molecular weight is 414 g/mol. The number of Topliss-reactive ketones (excluding diaryl/α,β-unsaturated/α-hetero) is 1. The molecule has 1 aliphatic heterocycles. The van der Waals surface area contributed by atoms with E-state index in [1.807, 2.05) is 24.3 Å². The fraction of sp³-hybridized carbons (Fsp3) is 0.296. The first-order valence-corrected chi connectivity index (χ1v) is 10.7. The lowest BCUT2D eigenvalue weighted by Gasteiger charge is -2.40. The summed E-state index contributed by atoms with van der Waals surface area (Å²) < 4.78 is 11.0. The second-order valence-corrected chi connectivity index (χ2v) is 9.24. The Kier molecular flexibility index (Phi) is 4.54. The van der Waals surface area contributed by atoms with Crippen LogP contribution >= 0.6 is 0 Å². The molecule has 2 aliphatic rings. The Bertz CT molecular complexity index is 1240. The second kappa shape index (κ2) is 7.16. The summed E-state index contributed by atoms with van der Waals surface area (Å²) in [6.45, 7) is 4.35. The molecule has 1 atom stereocenters. The van der Waals surface area contributed by atoms with Crippen LogP contribution in [-0.2, 0) is 4.79 Å². The molecule has 3 aromatic carbocycles. The SMILES string of the molecule is COc1ccc([C@H]2Nc3c(ccc4ccccc34)C3=C2CC(C)(C)CC3=O)cc1OC. The van der Waals surface area contributed by atoms with Crippen LogP contribution in [0, 0.1) is 5.41 Å². The molecule has 31 heavy (non-hydrogen) atoms. The zero-order chi connectivity index (χ0) is 21.8. The molecule has 0 spiro atoms. The van der Waals surface area contributed by atoms with Crippen LogP contribution in [0.15, 0.2) is 60.2 Å². The van der Waals surface area contributed by atoms with Crippen molar-refractivity contribution < 1.29 is 14.3 Å². The maximum atomic E-state index is 13.4. The van der Waals surface area contributed by atoms with E-state index < -0.39 is 0 Å². The molecule has 4 nitrogen and oxygen atoms in total. The lowest BCUT2D eigenvalue weighted by molar-refractivity contribution is -0.116. The van der Waals surface area contributed by atoms with Crippen molar-refractivity contribution in [1.29, 1.82) is 0 Å². The van der Waals surface area contributed by atoms with Crippen LogP contribution in [0.2, 0.25) is 0 Å². The van der Waals surface area contributed by atoms with E-state index in [0.29, 0.717) is 17.9 Å². The van der Waals surface area contributed by atoms with Crippen LogP contribution in [0.25, 0.3) is 16.3 Å². The summed E-state index contributed by atoms with van der Waals surface area (Å²) >= 11 is 0. The lowest BCUT2D eigenvalue weighted by atomic mass is 9.68. The molecule has 0 saturated carbocycles. The Morgan fingerprint density at radius 1 is 0.935 bits per heavy atom. The number of nitrogens with one attached hydrogen (secondary N) is 1. The van der Waals surface area contributed by atoms with Crippen LogP contribution in [0.1, 0.15) is 43.9 Å². The van der Waals surface area contributed by atoms with E-state index in [9.17, 15) is 4.79 Å². The van der Waals surface area contributed by atoms with E-state index in [0.717, 1.165) is 45.2 Å². The number of carbonyl (C=O) groups is 1. The minimum Gasteiger partial charge on any atom is -0.493 e. The molecule has 1 heterocycles. The summed E-state index contributed by atoms with van der Waals surface area (Å²) in [4.78, 5) is 13.4. The molecule has 0 fully saturated rings. The van der Waals surface area contributed by atoms with E-state index in [1.165, 1.54) is 0 Å². The zero-order valence-electron chi connectivity index (χ0n) is 18.4. The minimum absolute atomic E-state index is 0.0687. The third kappa shape index (κ3) is 3.18. The monoisotopic (exact) mass is 413 g/mol. The minimum atomic E-state index is -0.100. The molecule has 0 saturated heterocycles. The van der Waals surface area contributed by atoms with Gasteiger partial charge in [-0.05, 0) is 40.5 Å². The number of benzene rings is 3. The van der Waals surface area contributed by atoms with Crippen LogP contribution in [0.5, 0.6) is 11.5 Å². The van der Waals surface area contributed by atoms with Gasteiger partial charge in [0.2, 0.25) is 0 Å². The smallest absolute Gasteiger partial charge is 0.164 e. The fourth-order valence-corrected chi connectivity index (χ4v) is 5.12. The number of methoxy groups -OCH3 is 2. The van der Waals surface area contributed by atoms with Crippen molar-refractivity contribution in [2.24, 2.45) is 5.41 Å². The van der Waals surface area contributed by atoms with Gasteiger partial charge >= 0.3 is 0 Å². The van der Waals surface area contributed by atoms with Gasteiger partial charge in [0.25, 0.3) is 0 Å². The lowest BCUT2D eigenvalue weighted by Crippen LogP contribution is -2.32. The van der Waals surface area contributed by atoms with Gasteiger partial charge in [-0.1, -0.05) is 56.3 Å². The molecule has 5 rings (SSSR count). The van der Waals surface area contributed by atoms with Crippen molar-refractivity contribution in [2.45, 2.75) is 32.7 Å². The number of anilines is 1. The Balaban J connectivity index is 1.76. The van der Waals surface area contributed by atoms with Gasteiger partial charge in [-0.2, -0.15) is 0 Å². The van der Waals surface area contributed by atoms with Gasteiger partial charge in [-0.3, -0.25) is 4.79 Å². The van der Waals surface area contributed by atoms with Crippen molar-refractivity contribution in [3.63, 3.8) is 0 Å². The van der Waals surface area contributed by atoms with E-state index in [2.05, 4.69) is 49.5 Å². The first kappa shape index (κ1) is 19.7. The predicted molar refractivity (Wildman–Crippen MR) is 125 cm³/mol. The molecule has 158 valence electrons. The molecule has 0 amide bonds. The Morgan fingerprint density at radius 3 is 2.48 bits per heavy atom. The summed E-state index contributed by atoms with van der Waals surface area (Å²) in [7, 11) is 3.29. The van der Waals surface area contributed by atoms with Crippen molar-refractivity contribution in [3.8, 4) is 11.5 Å². The summed E-state index contributed by atoms with van der Waals surface area (Å²) in [6.07, 6.45) is 1.43. The molecule has 1 N–H and O–H groups in total. The van der Waals surface area contributed by atoms with E-state index in [-0.39, 0.29) is 17.2 Å². The quantitative estimate of drug-likeness (QED) is 0.558. The van der Waals surface area contributed by atoms with E-state index in [1.54, 1.807) is 14.2 Å². The fourth-order valence-electron chi connectivity index (χ4n) is 5.12. The topological polar surface area (TPSA) is 47.6 Å². The molecule has 4 heteroatoms. The second-order valence-electron chi connectivity index (χ2n) is 9.24. The highest BCUT2D eigenvalue weighted by atomic mass is 16.5. The maximum Gasteiger partial charge on any atom is 0.164 e. The number of hydrogen-bond donors (Lipinski definition) is 1. The van der Waals surface area contributed by atoms with Crippen molar-refractivity contribution in [2.75, 3.05) is 19.5 Å². The molecule has 1 aliphatic carbocycles. The molecule has 0 unspecified atom stereocenters. The largest absolute Gasteiger partial charge is 0.493 e. The van der Waals surface area contributed by atoms with Gasteiger partial charge < -0.3 is 14.8 Å². The first-order valence-electron chi connectivity index (χ1n) is 10.7. The summed E-state index contributed by atoms with van der Waals surface area (Å²) in [5, 5.41) is 6.09. The number of carbonyl (C=O) groups excluding carboxylic acids is 1. The Labute approximate surface area is 182 Å². The van der Waals surface area contributed by atoms with Crippen molar-refractivity contribution >= 4 is 27.8 Å². The number of allylic oxidation sites excluding steroid dienone is 1. The van der Waals surface area contributed by atoms with Gasteiger partial charge in [0.05, 0.1) is 25.9 Å². The van der Waals surface area contributed by atoms with Crippen LogP contribution in [-0.4, -0.2) is 20.0 Å². The van der Waals surface area contributed by atoms with Crippen molar-refractivity contribution in [3.05, 3.63) is 71.3 Å². The zero-order valence-corrected chi connectivity index (χ0v) is 18.4. The van der Waals surface area contributed by atoms with Gasteiger partial charge in [-0.25, -0.2) is 0 Å². The summed E-state index contributed by atoms with van der Waals surface area (Å²) in [6, 6.07) is 18.4. The highest BCUT2D eigenvalue weighted by Gasteiger charge is 2.40. The number of rotatable bonds is 3. The molecule has 0 bridgehead atoms. The number of fused-ring (bicyclic) bond motifs is 4. The highest BCUT2D eigenvalue weighted by molar-refractivity contribution is 6.26. The highest BCUT2D eigenvalue weighted by Crippen LogP contribution is 2.52. The average Bonchev–Trinajstić information content (AvgIpc) is 2.76. The van der Waals surface area contributed by atoms with Gasteiger partial charge in [0.15, 0.2) is 17.3 Å². The molecular formula is C27H27NO3. The van der Waals surface area contributed by atoms with Gasteiger partial charge in [0.1, 0.15) is 0 Å². The predicted octanol–water partition coefficient (Wildman–Crippen LogP) is 6.17. The van der Waals surface area contributed by atoms with Crippen LogP contribution in [0.4, 0.5) is 5.69 Å². The summed E-state index contributed by atoms with van der Waals surface area (Å²) in [5.74, 6) is 1.62. The maximum absolute atomic E-state index is 13.4. The van der Waals surface area contributed by atoms with Gasteiger partial charge in [-0.15, -0.1) is 0 Å². The van der Waals surface area contributed by atoms with E-state index in [4.69, 9.17) is 9.47 Å². The Morgan fingerprint density at radius 2 is 1.71 bits per heavy atom. The molecule has 0 radical (unpaired) electrons. The summed E-state index contributed by atoms with van der Waals surface area (Å²) in [5.41, 5.74) is 5.10. The number of ketones is 1. The number of ether oxygens (including phenoxy) is 2. The number of hydrogen-bond acceptors (Lipinski definition) is 4. The van der Waals surface area contributed by atoms with Crippen molar-refractivity contribution in [1.82, 2.24) is 0 Å². The normalized spacial score (nSPS) is 19.5. The third-order valence-electron chi connectivity index (χ3n) is 6.48. The first-order chi connectivity index (χ1) is 14.9. The molecular weight excluding hydrogens is 386 g/mol.